The van der Waals surface area contributed by atoms with Gasteiger partial charge in [0.05, 0.1) is 6.61 Å². The van der Waals surface area contributed by atoms with Gasteiger partial charge in [-0.15, -0.1) is 0 Å². The van der Waals surface area contributed by atoms with E-state index in [1.165, 1.54) is 5.56 Å². The fourth-order valence-electron chi connectivity index (χ4n) is 1.46. The minimum Gasteiger partial charge on any atom is -0.394 e. The molecule has 90 valence electrons. The SMILES string of the molecule is CN(Cc1cccc(CN)c1)C(C)(C)CO. The molecule has 0 aliphatic heterocycles. The molecule has 1 rings (SSSR count). The summed E-state index contributed by atoms with van der Waals surface area (Å²) < 4.78 is 0. The number of benzene rings is 1. The number of aliphatic hydroxyl groups excluding tert-OH is 1. The molecule has 0 fully saturated rings. The maximum absolute atomic E-state index is 9.28. The van der Waals surface area contributed by atoms with E-state index in [0.717, 1.165) is 12.1 Å². The Bertz CT molecular complexity index is 336. The second-order valence-electron chi connectivity index (χ2n) is 4.85. The molecule has 0 bridgehead atoms. The number of hydrogen-bond acceptors (Lipinski definition) is 3. The second kappa shape index (κ2) is 5.43. The number of nitrogens with two attached hydrogens (primary N) is 1. The van der Waals surface area contributed by atoms with Crippen LogP contribution in [0.4, 0.5) is 0 Å². The van der Waals surface area contributed by atoms with E-state index in [-0.39, 0.29) is 12.1 Å². The third-order valence-electron chi connectivity index (χ3n) is 3.07. The fourth-order valence-corrected chi connectivity index (χ4v) is 1.46. The van der Waals surface area contributed by atoms with Crippen molar-refractivity contribution in [2.24, 2.45) is 5.73 Å². The van der Waals surface area contributed by atoms with E-state index in [9.17, 15) is 5.11 Å². The first-order valence-corrected chi connectivity index (χ1v) is 5.59. The molecule has 1 aromatic carbocycles. The van der Waals surface area contributed by atoms with Crippen molar-refractivity contribution in [3.63, 3.8) is 0 Å². The van der Waals surface area contributed by atoms with Gasteiger partial charge < -0.3 is 10.8 Å². The molecule has 0 amide bonds. The normalized spacial score (nSPS) is 12.1. The fraction of sp³-hybridized carbons (Fsp3) is 0.538. The molecule has 0 radical (unpaired) electrons. The zero-order valence-corrected chi connectivity index (χ0v) is 10.4. The van der Waals surface area contributed by atoms with Crippen LogP contribution in [0, 0.1) is 0 Å². The van der Waals surface area contributed by atoms with E-state index in [0.29, 0.717) is 6.54 Å². The Morgan fingerprint density at radius 2 is 1.94 bits per heavy atom. The predicted octanol–water partition coefficient (Wildman–Crippen LogP) is 1.35. The Kier molecular flexibility index (Phi) is 4.47. The van der Waals surface area contributed by atoms with E-state index < -0.39 is 0 Å². The van der Waals surface area contributed by atoms with Gasteiger partial charge in [-0.3, -0.25) is 4.90 Å². The lowest BCUT2D eigenvalue weighted by atomic mass is 10.0. The van der Waals surface area contributed by atoms with E-state index in [4.69, 9.17) is 5.73 Å². The van der Waals surface area contributed by atoms with Gasteiger partial charge in [-0.05, 0) is 32.0 Å². The van der Waals surface area contributed by atoms with Crippen molar-refractivity contribution >= 4 is 0 Å². The lowest BCUT2D eigenvalue weighted by Gasteiger charge is -2.34. The maximum Gasteiger partial charge on any atom is 0.0610 e. The summed E-state index contributed by atoms with van der Waals surface area (Å²) >= 11 is 0. The molecule has 0 aliphatic rings. The van der Waals surface area contributed by atoms with Crippen LogP contribution in [-0.2, 0) is 13.1 Å². The van der Waals surface area contributed by atoms with Crippen LogP contribution in [0.2, 0.25) is 0 Å². The summed E-state index contributed by atoms with van der Waals surface area (Å²) in [7, 11) is 2.02. The molecule has 1 aromatic rings. The first kappa shape index (κ1) is 13.2. The highest BCUT2D eigenvalue weighted by atomic mass is 16.3. The smallest absolute Gasteiger partial charge is 0.0610 e. The Hall–Kier alpha value is -0.900. The van der Waals surface area contributed by atoms with Crippen LogP contribution in [0.5, 0.6) is 0 Å². The minimum atomic E-state index is -0.196. The largest absolute Gasteiger partial charge is 0.394 e. The summed E-state index contributed by atoms with van der Waals surface area (Å²) in [5.41, 5.74) is 7.79. The van der Waals surface area contributed by atoms with E-state index in [1.807, 2.05) is 33.0 Å². The summed E-state index contributed by atoms with van der Waals surface area (Å²) in [5.74, 6) is 0. The number of aliphatic hydroxyl groups is 1. The number of hydrogen-bond donors (Lipinski definition) is 2. The lowest BCUT2D eigenvalue weighted by Crippen LogP contribution is -2.43. The molecule has 16 heavy (non-hydrogen) atoms. The quantitative estimate of drug-likeness (QED) is 0.790. The van der Waals surface area contributed by atoms with Crippen molar-refractivity contribution in [2.45, 2.75) is 32.5 Å². The van der Waals surface area contributed by atoms with Crippen LogP contribution >= 0.6 is 0 Å². The molecule has 0 saturated carbocycles. The number of likely N-dealkylation sites (N-methyl/N-ethyl adjacent to an activating group) is 1. The summed E-state index contributed by atoms with van der Waals surface area (Å²) in [4.78, 5) is 2.14. The second-order valence-corrected chi connectivity index (χ2v) is 4.85. The highest BCUT2D eigenvalue weighted by Gasteiger charge is 2.22. The van der Waals surface area contributed by atoms with Gasteiger partial charge in [0.1, 0.15) is 0 Å². The molecule has 3 N–H and O–H groups in total. The van der Waals surface area contributed by atoms with Gasteiger partial charge in [0.15, 0.2) is 0 Å². The van der Waals surface area contributed by atoms with Crippen molar-refractivity contribution in [1.82, 2.24) is 4.90 Å². The van der Waals surface area contributed by atoms with Gasteiger partial charge >= 0.3 is 0 Å². The van der Waals surface area contributed by atoms with Crippen molar-refractivity contribution in [2.75, 3.05) is 13.7 Å². The van der Waals surface area contributed by atoms with Crippen LogP contribution in [-0.4, -0.2) is 29.2 Å². The number of rotatable bonds is 5. The van der Waals surface area contributed by atoms with Crippen molar-refractivity contribution in [3.05, 3.63) is 35.4 Å². The topological polar surface area (TPSA) is 49.5 Å². The van der Waals surface area contributed by atoms with Gasteiger partial charge in [-0.2, -0.15) is 0 Å². The van der Waals surface area contributed by atoms with Gasteiger partial charge in [0, 0.05) is 18.6 Å². The summed E-state index contributed by atoms with van der Waals surface area (Å²) in [6, 6.07) is 8.26. The van der Waals surface area contributed by atoms with Gasteiger partial charge in [-0.25, -0.2) is 0 Å². The van der Waals surface area contributed by atoms with Crippen LogP contribution in [0.3, 0.4) is 0 Å². The molecule has 0 saturated heterocycles. The van der Waals surface area contributed by atoms with E-state index in [2.05, 4.69) is 17.0 Å². The Labute approximate surface area is 97.9 Å². The van der Waals surface area contributed by atoms with Crippen LogP contribution in [0.25, 0.3) is 0 Å². The first-order chi connectivity index (χ1) is 7.49. The molecule has 0 aliphatic carbocycles. The highest BCUT2D eigenvalue weighted by Crippen LogP contribution is 2.15. The molecule has 0 spiro atoms. The average Bonchev–Trinajstić information content (AvgIpc) is 2.29. The Morgan fingerprint density at radius 1 is 1.31 bits per heavy atom. The Balaban J connectivity index is 2.72. The van der Waals surface area contributed by atoms with Gasteiger partial charge in [-0.1, -0.05) is 24.3 Å². The molecule has 0 unspecified atom stereocenters. The third-order valence-corrected chi connectivity index (χ3v) is 3.07. The first-order valence-electron chi connectivity index (χ1n) is 5.59. The van der Waals surface area contributed by atoms with Gasteiger partial charge in [0.25, 0.3) is 0 Å². The van der Waals surface area contributed by atoms with E-state index >= 15 is 0 Å². The third kappa shape index (κ3) is 3.30. The van der Waals surface area contributed by atoms with Crippen LogP contribution < -0.4 is 5.73 Å². The molecule has 0 aromatic heterocycles. The summed E-state index contributed by atoms with van der Waals surface area (Å²) in [5, 5.41) is 9.28. The number of nitrogens with zero attached hydrogens (tertiary/aromatic N) is 1. The molecule has 3 nitrogen and oxygen atoms in total. The van der Waals surface area contributed by atoms with Crippen molar-refractivity contribution < 1.29 is 5.11 Å². The minimum absolute atomic E-state index is 0.153. The standard InChI is InChI=1S/C13H22N2O/c1-13(2,10-16)15(3)9-12-6-4-5-11(7-12)8-14/h4-7,16H,8-10,14H2,1-3H3. The maximum atomic E-state index is 9.28. The molecule has 0 heterocycles. The monoisotopic (exact) mass is 222 g/mol. The lowest BCUT2D eigenvalue weighted by molar-refractivity contribution is 0.0734. The molecule has 0 atom stereocenters. The average molecular weight is 222 g/mol. The predicted molar refractivity (Wildman–Crippen MR) is 67.0 cm³/mol. The Morgan fingerprint density at radius 3 is 2.50 bits per heavy atom. The highest BCUT2D eigenvalue weighted by molar-refractivity contribution is 5.23. The molecular formula is C13H22N2O. The summed E-state index contributed by atoms with van der Waals surface area (Å²) in [6.07, 6.45) is 0. The van der Waals surface area contributed by atoms with Crippen LogP contribution in [0.15, 0.2) is 24.3 Å². The molecule has 3 heteroatoms. The van der Waals surface area contributed by atoms with Crippen molar-refractivity contribution in [3.8, 4) is 0 Å². The zero-order chi connectivity index (χ0) is 12.2. The van der Waals surface area contributed by atoms with Crippen molar-refractivity contribution in [1.29, 1.82) is 0 Å². The van der Waals surface area contributed by atoms with E-state index in [1.54, 1.807) is 0 Å². The zero-order valence-electron chi connectivity index (χ0n) is 10.4. The summed E-state index contributed by atoms with van der Waals surface area (Å²) in [6.45, 7) is 5.60. The van der Waals surface area contributed by atoms with Crippen LogP contribution in [0.1, 0.15) is 25.0 Å². The molecular weight excluding hydrogens is 200 g/mol. The van der Waals surface area contributed by atoms with Gasteiger partial charge in [0.2, 0.25) is 0 Å².